The van der Waals surface area contributed by atoms with Crippen LogP contribution in [0.25, 0.3) is 0 Å². The third kappa shape index (κ3) is 6.02. The molecule has 3 saturated heterocycles. The summed E-state index contributed by atoms with van der Waals surface area (Å²) in [7, 11) is 0. The number of piperazine rings is 1. The number of alkyl halides is 6. The second-order valence-corrected chi connectivity index (χ2v) is 10.2. The Balaban J connectivity index is 1.15. The monoisotopic (exact) mass is 577 g/mol. The van der Waals surface area contributed by atoms with E-state index >= 15 is 0 Å². The standard InChI is InChI=1S/C24H29F6N7O3/c25-23(26,27)14-11-31-22(32-12-14)36-8-6-35(7-9-36)19(38)10-15-3-4-18(40-15)16-2-1-5-37(16)17-13-33-34-21(39)20(17)24(28,29)30/h11-13,15-16,18-19,38H,1-10H2,(H,34,39)/t15-,16+,18-,19?/m1/s1. The number of aromatic amines is 1. The number of anilines is 2. The molecular weight excluding hydrogens is 548 g/mol. The molecule has 2 aromatic rings. The summed E-state index contributed by atoms with van der Waals surface area (Å²) >= 11 is 0. The zero-order chi connectivity index (χ0) is 28.7. The van der Waals surface area contributed by atoms with Gasteiger partial charge in [0.05, 0.1) is 35.7 Å². The highest BCUT2D eigenvalue weighted by Gasteiger charge is 2.44. The van der Waals surface area contributed by atoms with Gasteiger partial charge < -0.3 is 19.6 Å². The second-order valence-electron chi connectivity index (χ2n) is 10.2. The van der Waals surface area contributed by atoms with Crippen molar-refractivity contribution in [1.82, 2.24) is 25.1 Å². The molecule has 2 N–H and O–H groups in total. The topological polar surface area (TPSA) is 111 Å². The van der Waals surface area contributed by atoms with Crippen LogP contribution in [0.4, 0.5) is 38.0 Å². The molecule has 0 saturated carbocycles. The first-order chi connectivity index (χ1) is 18.9. The molecule has 3 fully saturated rings. The average Bonchev–Trinajstić information content (AvgIpc) is 3.57. The van der Waals surface area contributed by atoms with E-state index in [1.165, 1.54) is 0 Å². The van der Waals surface area contributed by atoms with Gasteiger partial charge in [0.25, 0.3) is 5.56 Å². The summed E-state index contributed by atoms with van der Waals surface area (Å²) < 4.78 is 85.4. The summed E-state index contributed by atoms with van der Waals surface area (Å²) in [6.07, 6.45) is -5.48. The predicted molar refractivity (Wildman–Crippen MR) is 130 cm³/mol. The van der Waals surface area contributed by atoms with Gasteiger partial charge in [0.1, 0.15) is 11.8 Å². The Kier molecular flexibility index (Phi) is 7.94. The van der Waals surface area contributed by atoms with Gasteiger partial charge in [-0.15, -0.1) is 0 Å². The number of halogens is 6. The number of rotatable bonds is 6. The normalized spacial score (nSPS) is 25.5. The molecule has 5 heterocycles. The van der Waals surface area contributed by atoms with E-state index in [9.17, 15) is 36.2 Å². The minimum absolute atomic E-state index is 0.189. The number of aliphatic hydroxyl groups is 1. The maximum atomic E-state index is 13.6. The lowest BCUT2D eigenvalue weighted by molar-refractivity contribution is -0.139. The minimum atomic E-state index is -4.83. The predicted octanol–water partition coefficient (Wildman–Crippen LogP) is 2.64. The zero-order valence-electron chi connectivity index (χ0n) is 21.3. The lowest BCUT2D eigenvalue weighted by Crippen LogP contribution is -2.51. The van der Waals surface area contributed by atoms with Crippen molar-refractivity contribution in [3.63, 3.8) is 0 Å². The van der Waals surface area contributed by atoms with Gasteiger partial charge in [-0.2, -0.15) is 31.4 Å². The van der Waals surface area contributed by atoms with Crippen LogP contribution in [-0.2, 0) is 17.1 Å². The molecule has 0 aliphatic carbocycles. The van der Waals surface area contributed by atoms with Gasteiger partial charge >= 0.3 is 12.4 Å². The third-order valence-electron chi connectivity index (χ3n) is 7.76. The Morgan fingerprint density at radius 2 is 1.68 bits per heavy atom. The first-order valence-electron chi connectivity index (χ1n) is 13.0. The van der Waals surface area contributed by atoms with Gasteiger partial charge in [0.15, 0.2) is 0 Å². The zero-order valence-corrected chi connectivity index (χ0v) is 21.3. The molecule has 0 radical (unpaired) electrons. The van der Waals surface area contributed by atoms with Crippen molar-refractivity contribution in [2.45, 2.75) is 68.9 Å². The molecule has 2 aromatic heterocycles. The first-order valence-corrected chi connectivity index (χ1v) is 13.0. The number of nitrogens with one attached hydrogen (secondary N) is 1. The Morgan fingerprint density at radius 1 is 0.975 bits per heavy atom. The maximum Gasteiger partial charge on any atom is 0.423 e. The van der Waals surface area contributed by atoms with E-state index in [-0.39, 0.29) is 29.9 Å². The van der Waals surface area contributed by atoms with Gasteiger partial charge in [0.2, 0.25) is 5.95 Å². The molecule has 3 aliphatic heterocycles. The first kappa shape index (κ1) is 28.5. The van der Waals surface area contributed by atoms with Crippen LogP contribution in [-0.4, -0.2) is 87.4 Å². The summed E-state index contributed by atoms with van der Waals surface area (Å²) in [6.45, 7) is 2.06. The van der Waals surface area contributed by atoms with E-state index < -0.39 is 35.3 Å². The van der Waals surface area contributed by atoms with E-state index in [1.54, 1.807) is 9.80 Å². The van der Waals surface area contributed by atoms with E-state index in [4.69, 9.17) is 4.74 Å². The van der Waals surface area contributed by atoms with Crippen molar-refractivity contribution in [2.24, 2.45) is 0 Å². The van der Waals surface area contributed by atoms with E-state index in [2.05, 4.69) is 15.1 Å². The van der Waals surface area contributed by atoms with Crippen LogP contribution in [0.3, 0.4) is 0 Å². The van der Waals surface area contributed by atoms with Crippen LogP contribution < -0.4 is 15.4 Å². The van der Waals surface area contributed by atoms with Crippen LogP contribution in [0.15, 0.2) is 23.4 Å². The second kappa shape index (κ2) is 11.1. The highest BCUT2D eigenvalue weighted by atomic mass is 19.4. The van der Waals surface area contributed by atoms with Crippen molar-refractivity contribution in [2.75, 3.05) is 42.5 Å². The number of H-pyrrole nitrogens is 1. The van der Waals surface area contributed by atoms with E-state index in [0.717, 1.165) is 18.6 Å². The van der Waals surface area contributed by atoms with Crippen molar-refractivity contribution < 1.29 is 36.2 Å². The highest BCUT2D eigenvalue weighted by molar-refractivity contribution is 5.54. The average molecular weight is 578 g/mol. The van der Waals surface area contributed by atoms with Crippen molar-refractivity contribution in [1.29, 1.82) is 0 Å². The van der Waals surface area contributed by atoms with E-state index in [1.807, 2.05) is 10.00 Å². The van der Waals surface area contributed by atoms with Gasteiger partial charge in [-0.25, -0.2) is 15.1 Å². The fourth-order valence-electron chi connectivity index (χ4n) is 5.78. The number of ether oxygens (including phenoxy) is 1. The molecule has 5 rings (SSSR count). The van der Waals surface area contributed by atoms with Crippen LogP contribution >= 0.6 is 0 Å². The Morgan fingerprint density at radius 3 is 2.33 bits per heavy atom. The molecular formula is C24H29F6N7O3. The summed E-state index contributed by atoms with van der Waals surface area (Å²) in [5.41, 5.74) is -3.72. The van der Waals surface area contributed by atoms with E-state index in [0.29, 0.717) is 64.8 Å². The molecule has 4 atom stereocenters. The molecule has 220 valence electrons. The molecule has 10 nitrogen and oxygen atoms in total. The van der Waals surface area contributed by atoms with Crippen LogP contribution in [0, 0.1) is 0 Å². The van der Waals surface area contributed by atoms with Crippen molar-refractivity contribution in [3.8, 4) is 0 Å². The van der Waals surface area contributed by atoms with Crippen molar-refractivity contribution in [3.05, 3.63) is 40.1 Å². The Hall–Kier alpha value is -2.98. The quantitative estimate of drug-likeness (QED) is 0.501. The summed E-state index contributed by atoms with van der Waals surface area (Å²) in [5.74, 6) is 0.189. The third-order valence-corrected chi connectivity index (χ3v) is 7.76. The molecule has 40 heavy (non-hydrogen) atoms. The Labute approximate surface area is 224 Å². The lowest BCUT2D eigenvalue weighted by Gasteiger charge is -2.38. The largest absolute Gasteiger partial charge is 0.423 e. The molecule has 0 spiro atoms. The number of aliphatic hydroxyl groups excluding tert-OH is 1. The smallest absolute Gasteiger partial charge is 0.378 e. The van der Waals surface area contributed by atoms with Gasteiger partial charge in [-0.3, -0.25) is 9.69 Å². The number of aromatic nitrogens is 4. The van der Waals surface area contributed by atoms with Crippen LogP contribution in [0.2, 0.25) is 0 Å². The van der Waals surface area contributed by atoms with Crippen LogP contribution in [0.1, 0.15) is 43.2 Å². The van der Waals surface area contributed by atoms with Crippen LogP contribution in [0.5, 0.6) is 0 Å². The Bertz CT molecular complexity index is 1220. The fourth-order valence-corrected chi connectivity index (χ4v) is 5.78. The van der Waals surface area contributed by atoms with Gasteiger partial charge in [-0.05, 0) is 25.7 Å². The van der Waals surface area contributed by atoms with Crippen molar-refractivity contribution >= 4 is 11.6 Å². The lowest BCUT2D eigenvalue weighted by atomic mass is 10.0. The SMILES string of the molecule is O=c1[nH]ncc(N2CCC[C@H]2[C@H]2CC[C@H](CC(O)N3CCN(c4ncc(C(F)(F)F)cn4)CC3)O2)c1C(F)(F)F. The maximum absolute atomic E-state index is 13.6. The highest BCUT2D eigenvalue weighted by Crippen LogP contribution is 2.39. The minimum Gasteiger partial charge on any atom is -0.378 e. The number of hydrogen-bond donors (Lipinski definition) is 2. The van der Waals surface area contributed by atoms with Gasteiger partial charge in [-0.1, -0.05) is 0 Å². The molecule has 0 bridgehead atoms. The molecule has 0 amide bonds. The molecule has 0 aromatic carbocycles. The van der Waals surface area contributed by atoms with Gasteiger partial charge in [0, 0.05) is 51.5 Å². The molecule has 1 unspecified atom stereocenters. The number of hydrogen-bond acceptors (Lipinski definition) is 9. The molecule has 16 heteroatoms. The molecule has 3 aliphatic rings. The summed E-state index contributed by atoms with van der Waals surface area (Å²) in [6, 6.07) is -0.348. The number of nitrogens with zero attached hydrogens (tertiary/aromatic N) is 6. The summed E-state index contributed by atoms with van der Waals surface area (Å²) in [5, 5.41) is 16.3. The summed E-state index contributed by atoms with van der Waals surface area (Å²) in [4.78, 5) is 24.8. The fraction of sp³-hybridized carbons (Fsp3) is 0.667.